The molecule has 0 fully saturated rings. The highest BCUT2D eigenvalue weighted by Gasteiger charge is 2.17. The van der Waals surface area contributed by atoms with Crippen molar-refractivity contribution >= 4 is 11.5 Å². The number of carbonyl (C=O) groups excluding carboxylic acids is 1. The van der Waals surface area contributed by atoms with Gasteiger partial charge in [0.05, 0.1) is 7.11 Å². The molecule has 0 saturated carbocycles. The van der Waals surface area contributed by atoms with E-state index >= 15 is 0 Å². The van der Waals surface area contributed by atoms with Crippen molar-refractivity contribution in [3.8, 4) is 0 Å². The molecule has 1 aliphatic rings. The average Bonchev–Trinajstić information content (AvgIpc) is 2.61. The van der Waals surface area contributed by atoms with Crippen LogP contribution in [0.5, 0.6) is 0 Å². The van der Waals surface area contributed by atoms with Crippen molar-refractivity contribution in [1.29, 1.82) is 0 Å². The molecule has 0 spiro atoms. The largest absolute Gasteiger partial charge is 0.466 e. The molecule has 0 bridgehead atoms. The van der Waals surface area contributed by atoms with Gasteiger partial charge in [0.25, 0.3) is 0 Å². The fourth-order valence-electron chi connectivity index (χ4n) is 1.82. The van der Waals surface area contributed by atoms with Crippen LogP contribution in [-0.4, -0.2) is 13.1 Å². The SMILES string of the molecule is COC(=O)/C=C1/CCc2ccc(F)cc21. The number of carbonyl (C=O) groups is 1. The predicted octanol–water partition coefficient (Wildman–Crippen LogP) is 2.33. The standard InChI is InChI=1S/C12H11FO2/c1-15-12(14)6-9-3-2-8-4-5-10(13)7-11(8)9/h4-7H,2-3H2,1H3/b9-6-. The zero-order valence-corrected chi connectivity index (χ0v) is 8.42. The molecule has 0 amide bonds. The molecule has 0 unspecified atom stereocenters. The molecular weight excluding hydrogens is 195 g/mol. The van der Waals surface area contributed by atoms with Crippen molar-refractivity contribution in [2.24, 2.45) is 0 Å². The number of benzene rings is 1. The molecule has 15 heavy (non-hydrogen) atoms. The van der Waals surface area contributed by atoms with E-state index in [0.29, 0.717) is 0 Å². The lowest BCUT2D eigenvalue weighted by atomic mass is 10.1. The van der Waals surface area contributed by atoms with Crippen molar-refractivity contribution < 1.29 is 13.9 Å². The Hall–Kier alpha value is -1.64. The summed E-state index contributed by atoms with van der Waals surface area (Å²) in [5, 5.41) is 0. The highest BCUT2D eigenvalue weighted by Crippen LogP contribution is 2.32. The predicted molar refractivity (Wildman–Crippen MR) is 54.7 cm³/mol. The second-order valence-corrected chi connectivity index (χ2v) is 3.49. The Morgan fingerprint density at radius 3 is 3.00 bits per heavy atom. The Kier molecular flexibility index (Phi) is 2.54. The van der Waals surface area contributed by atoms with E-state index in [1.54, 1.807) is 6.07 Å². The Morgan fingerprint density at radius 1 is 1.47 bits per heavy atom. The van der Waals surface area contributed by atoms with Crippen molar-refractivity contribution in [2.45, 2.75) is 12.8 Å². The van der Waals surface area contributed by atoms with Crippen LogP contribution in [0.4, 0.5) is 4.39 Å². The lowest BCUT2D eigenvalue weighted by Crippen LogP contribution is -1.95. The van der Waals surface area contributed by atoms with Gasteiger partial charge < -0.3 is 4.74 Å². The summed E-state index contributed by atoms with van der Waals surface area (Å²) in [6.07, 6.45) is 3.07. The van der Waals surface area contributed by atoms with Crippen LogP contribution in [0.3, 0.4) is 0 Å². The van der Waals surface area contributed by atoms with E-state index in [2.05, 4.69) is 4.74 Å². The van der Waals surface area contributed by atoms with Gasteiger partial charge in [0.2, 0.25) is 0 Å². The van der Waals surface area contributed by atoms with Crippen LogP contribution < -0.4 is 0 Å². The molecule has 1 aromatic carbocycles. The van der Waals surface area contributed by atoms with Crippen LogP contribution in [-0.2, 0) is 16.0 Å². The number of esters is 1. The Morgan fingerprint density at radius 2 is 2.27 bits per heavy atom. The molecule has 78 valence electrons. The van der Waals surface area contributed by atoms with E-state index in [1.165, 1.54) is 25.3 Å². The summed E-state index contributed by atoms with van der Waals surface area (Å²) in [5.41, 5.74) is 2.78. The van der Waals surface area contributed by atoms with Gasteiger partial charge in [-0.2, -0.15) is 0 Å². The minimum absolute atomic E-state index is 0.272. The van der Waals surface area contributed by atoms with Crippen molar-refractivity contribution in [3.63, 3.8) is 0 Å². The smallest absolute Gasteiger partial charge is 0.330 e. The molecule has 0 atom stereocenters. The normalized spacial score (nSPS) is 16.5. The summed E-state index contributed by atoms with van der Waals surface area (Å²) in [6.45, 7) is 0. The van der Waals surface area contributed by atoms with Crippen LogP contribution in [0.25, 0.3) is 5.57 Å². The number of ether oxygens (including phenoxy) is 1. The van der Waals surface area contributed by atoms with Gasteiger partial charge in [0.15, 0.2) is 0 Å². The van der Waals surface area contributed by atoms with Crippen LogP contribution in [0.1, 0.15) is 17.5 Å². The minimum atomic E-state index is -0.387. The third-order valence-corrected chi connectivity index (χ3v) is 2.57. The summed E-state index contributed by atoms with van der Waals surface area (Å²) in [5.74, 6) is -0.659. The highest BCUT2D eigenvalue weighted by atomic mass is 19.1. The van der Waals surface area contributed by atoms with E-state index in [-0.39, 0.29) is 11.8 Å². The molecule has 1 aliphatic carbocycles. The molecule has 1 aromatic rings. The fourth-order valence-corrected chi connectivity index (χ4v) is 1.82. The van der Waals surface area contributed by atoms with E-state index in [4.69, 9.17) is 0 Å². The summed E-state index contributed by atoms with van der Waals surface area (Å²) < 4.78 is 17.6. The summed E-state index contributed by atoms with van der Waals surface area (Å²) in [7, 11) is 1.33. The summed E-state index contributed by atoms with van der Waals surface area (Å²) in [6, 6.07) is 4.68. The summed E-state index contributed by atoms with van der Waals surface area (Å²) in [4.78, 5) is 11.1. The van der Waals surface area contributed by atoms with Gasteiger partial charge in [0.1, 0.15) is 5.82 Å². The van der Waals surface area contributed by atoms with Crippen molar-refractivity contribution in [3.05, 3.63) is 41.2 Å². The number of hydrogen-bond acceptors (Lipinski definition) is 2. The number of methoxy groups -OCH3 is 1. The van der Waals surface area contributed by atoms with Gasteiger partial charge in [0, 0.05) is 6.08 Å². The average molecular weight is 206 g/mol. The fraction of sp³-hybridized carbons (Fsp3) is 0.250. The van der Waals surface area contributed by atoms with Gasteiger partial charge in [-0.05, 0) is 41.7 Å². The van der Waals surface area contributed by atoms with Crippen LogP contribution in [0.2, 0.25) is 0 Å². The number of fused-ring (bicyclic) bond motifs is 1. The van der Waals surface area contributed by atoms with Crippen LogP contribution >= 0.6 is 0 Å². The second kappa shape index (κ2) is 3.85. The number of hydrogen-bond donors (Lipinski definition) is 0. The Labute approximate surface area is 87.4 Å². The first kappa shape index (κ1) is 9.90. The van der Waals surface area contributed by atoms with Gasteiger partial charge in [-0.3, -0.25) is 0 Å². The minimum Gasteiger partial charge on any atom is -0.466 e. The number of halogens is 1. The molecule has 0 N–H and O–H groups in total. The molecule has 3 heteroatoms. The van der Waals surface area contributed by atoms with Crippen LogP contribution in [0, 0.1) is 5.82 Å². The van der Waals surface area contributed by atoms with E-state index in [1.807, 2.05) is 0 Å². The molecule has 0 aliphatic heterocycles. The first-order valence-corrected chi connectivity index (χ1v) is 4.78. The summed E-state index contributed by atoms with van der Waals surface area (Å²) >= 11 is 0. The highest BCUT2D eigenvalue weighted by molar-refractivity contribution is 5.92. The van der Waals surface area contributed by atoms with E-state index in [9.17, 15) is 9.18 Å². The molecular formula is C12H11FO2. The molecule has 0 aromatic heterocycles. The van der Waals surface area contributed by atoms with E-state index in [0.717, 1.165) is 29.5 Å². The van der Waals surface area contributed by atoms with Gasteiger partial charge in [-0.1, -0.05) is 6.07 Å². The quantitative estimate of drug-likeness (QED) is 0.520. The lowest BCUT2D eigenvalue weighted by molar-refractivity contribution is -0.134. The van der Waals surface area contributed by atoms with Gasteiger partial charge in [-0.15, -0.1) is 0 Å². The van der Waals surface area contributed by atoms with Crippen molar-refractivity contribution in [1.82, 2.24) is 0 Å². The zero-order chi connectivity index (χ0) is 10.8. The zero-order valence-electron chi connectivity index (χ0n) is 8.42. The number of aryl methyl sites for hydroxylation is 1. The van der Waals surface area contributed by atoms with E-state index < -0.39 is 0 Å². The van der Waals surface area contributed by atoms with Crippen LogP contribution in [0.15, 0.2) is 24.3 Å². The lowest BCUT2D eigenvalue weighted by Gasteiger charge is -2.00. The molecule has 0 radical (unpaired) electrons. The molecule has 0 saturated heterocycles. The van der Waals surface area contributed by atoms with Crippen molar-refractivity contribution in [2.75, 3.05) is 7.11 Å². The third kappa shape index (κ3) is 1.91. The Bertz CT molecular complexity index is 435. The number of allylic oxidation sites excluding steroid dienone is 1. The number of rotatable bonds is 1. The topological polar surface area (TPSA) is 26.3 Å². The first-order valence-electron chi connectivity index (χ1n) is 4.78. The molecule has 2 rings (SSSR count). The second-order valence-electron chi connectivity index (χ2n) is 3.49. The monoisotopic (exact) mass is 206 g/mol. The first-order chi connectivity index (χ1) is 7.20. The van der Waals surface area contributed by atoms with Gasteiger partial charge >= 0.3 is 5.97 Å². The molecule has 0 heterocycles. The molecule has 2 nitrogen and oxygen atoms in total. The van der Waals surface area contributed by atoms with Gasteiger partial charge in [-0.25, -0.2) is 9.18 Å². The maximum absolute atomic E-state index is 13.0. The maximum Gasteiger partial charge on any atom is 0.330 e. The Balaban J connectivity index is 2.39. The third-order valence-electron chi connectivity index (χ3n) is 2.57. The maximum atomic E-state index is 13.0.